The average molecular weight is 295 g/mol. The van der Waals surface area contributed by atoms with Crippen LogP contribution >= 0.6 is 0 Å². The lowest BCUT2D eigenvalue weighted by Crippen LogP contribution is -2.41. The Balaban J connectivity index is 2.29. The SMILES string of the molecule is Cc1ccc(B2OC(C)(C)C(C)(C)O2)cc1CS(=O)[O-]. The summed E-state index contributed by atoms with van der Waals surface area (Å²) in [6.07, 6.45) is 0. The van der Waals surface area contributed by atoms with E-state index in [4.69, 9.17) is 9.31 Å². The molecule has 0 N–H and O–H groups in total. The topological polar surface area (TPSA) is 58.6 Å². The monoisotopic (exact) mass is 295 g/mol. The highest BCUT2D eigenvalue weighted by Crippen LogP contribution is 2.36. The molecule has 1 unspecified atom stereocenters. The van der Waals surface area contributed by atoms with Gasteiger partial charge in [-0.3, -0.25) is 4.21 Å². The molecule has 1 aromatic rings. The van der Waals surface area contributed by atoms with Crippen molar-refractivity contribution < 1.29 is 18.1 Å². The third-order valence-corrected chi connectivity index (χ3v) is 4.72. The van der Waals surface area contributed by atoms with Crippen LogP contribution in [0, 0.1) is 6.92 Å². The Morgan fingerprint density at radius 3 is 2.25 bits per heavy atom. The molecule has 0 aromatic heterocycles. The fraction of sp³-hybridized carbons (Fsp3) is 0.571. The first-order valence-electron chi connectivity index (χ1n) is 6.63. The van der Waals surface area contributed by atoms with Gasteiger partial charge in [0.15, 0.2) is 0 Å². The lowest BCUT2D eigenvalue weighted by atomic mass is 9.78. The lowest BCUT2D eigenvalue weighted by Gasteiger charge is -2.32. The summed E-state index contributed by atoms with van der Waals surface area (Å²) in [6, 6.07) is 5.69. The van der Waals surface area contributed by atoms with Gasteiger partial charge in [-0.1, -0.05) is 29.3 Å². The summed E-state index contributed by atoms with van der Waals surface area (Å²) in [5.41, 5.74) is 1.79. The van der Waals surface area contributed by atoms with E-state index in [1.54, 1.807) is 0 Å². The Morgan fingerprint density at radius 2 is 1.75 bits per heavy atom. The molecule has 4 nitrogen and oxygen atoms in total. The first kappa shape index (κ1) is 15.7. The first-order valence-corrected chi connectivity index (χ1v) is 7.88. The van der Waals surface area contributed by atoms with E-state index in [1.165, 1.54) is 0 Å². The van der Waals surface area contributed by atoms with Crippen LogP contribution in [0.5, 0.6) is 0 Å². The summed E-state index contributed by atoms with van der Waals surface area (Å²) in [6.45, 7) is 9.88. The molecule has 1 heterocycles. The molecule has 0 spiro atoms. The molecule has 1 aromatic carbocycles. The van der Waals surface area contributed by atoms with E-state index in [2.05, 4.69) is 0 Å². The van der Waals surface area contributed by atoms with Crippen molar-refractivity contribution in [3.05, 3.63) is 29.3 Å². The van der Waals surface area contributed by atoms with Gasteiger partial charge in [0, 0.05) is 5.75 Å². The molecule has 0 bridgehead atoms. The fourth-order valence-electron chi connectivity index (χ4n) is 2.10. The second-order valence-corrected chi connectivity index (χ2v) is 7.12. The number of hydrogen-bond donors (Lipinski definition) is 0. The van der Waals surface area contributed by atoms with Crippen molar-refractivity contribution in [1.29, 1.82) is 0 Å². The highest BCUT2D eigenvalue weighted by atomic mass is 32.2. The third-order valence-electron chi connectivity index (χ3n) is 4.17. The van der Waals surface area contributed by atoms with Crippen LogP contribution in [0.15, 0.2) is 18.2 Å². The van der Waals surface area contributed by atoms with Gasteiger partial charge in [0.1, 0.15) is 0 Å². The molecule has 6 heteroatoms. The predicted molar refractivity (Wildman–Crippen MR) is 79.5 cm³/mol. The molecule has 0 saturated carbocycles. The molecule has 1 aliphatic rings. The van der Waals surface area contributed by atoms with Crippen molar-refractivity contribution >= 4 is 23.7 Å². The Hall–Kier alpha value is -0.685. The predicted octanol–water partition coefficient (Wildman–Crippen LogP) is 1.67. The number of aryl methyl sites for hydroxylation is 1. The molecule has 110 valence electrons. The smallest absolute Gasteiger partial charge is 0.494 e. The second-order valence-electron chi connectivity index (χ2n) is 6.22. The molecule has 2 rings (SSSR count). The highest BCUT2D eigenvalue weighted by molar-refractivity contribution is 7.78. The van der Waals surface area contributed by atoms with Crippen LogP contribution in [0.3, 0.4) is 0 Å². The van der Waals surface area contributed by atoms with Crippen LogP contribution in [0.2, 0.25) is 0 Å². The summed E-state index contributed by atoms with van der Waals surface area (Å²) in [4.78, 5) is 0. The zero-order chi connectivity index (χ0) is 15.1. The van der Waals surface area contributed by atoms with E-state index < -0.39 is 29.4 Å². The van der Waals surface area contributed by atoms with Crippen molar-refractivity contribution in [3.8, 4) is 0 Å². The van der Waals surface area contributed by atoms with E-state index in [1.807, 2.05) is 52.8 Å². The Morgan fingerprint density at radius 1 is 1.20 bits per heavy atom. The molecular weight excluding hydrogens is 275 g/mol. The molecule has 1 aliphatic heterocycles. The Kier molecular flexibility index (Phi) is 4.13. The van der Waals surface area contributed by atoms with Crippen LogP contribution in [-0.2, 0) is 26.1 Å². The second kappa shape index (κ2) is 5.26. The first-order chi connectivity index (χ1) is 9.12. The van der Waals surface area contributed by atoms with Gasteiger partial charge in [-0.2, -0.15) is 0 Å². The van der Waals surface area contributed by atoms with Gasteiger partial charge >= 0.3 is 7.12 Å². The summed E-state index contributed by atoms with van der Waals surface area (Å²) in [5.74, 6) is 0.0131. The van der Waals surface area contributed by atoms with Crippen molar-refractivity contribution in [2.45, 2.75) is 51.6 Å². The van der Waals surface area contributed by atoms with Gasteiger partial charge in [-0.05, 0) is 51.2 Å². The van der Waals surface area contributed by atoms with E-state index in [9.17, 15) is 8.76 Å². The minimum Gasteiger partial charge on any atom is -0.772 e. The molecule has 0 amide bonds. The van der Waals surface area contributed by atoms with Gasteiger partial charge in [-0.15, -0.1) is 0 Å². The maximum Gasteiger partial charge on any atom is 0.494 e. The molecule has 0 radical (unpaired) electrons. The number of hydrogen-bond acceptors (Lipinski definition) is 4. The van der Waals surface area contributed by atoms with Crippen molar-refractivity contribution in [1.82, 2.24) is 0 Å². The average Bonchev–Trinajstić information content (AvgIpc) is 2.50. The zero-order valence-corrected chi connectivity index (χ0v) is 13.4. The van der Waals surface area contributed by atoms with Crippen LogP contribution in [-0.4, -0.2) is 27.1 Å². The summed E-state index contributed by atoms with van der Waals surface area (Å²) in [5, 5.41) is 0. The quantitative estimate of drug-likeness (QED) is 0.629. The van der Waals surface area contributed by atoms with Crippen molar-refractivity contribution in [2.75, 3.05) is 0 Å². The molecule has 1 saturated heterocycles. The minimum atomic E-state index is -2.10. The molecule has 1 atom stereocenters. The molecule has 0 aliphatic carbocycles. The molecule has 20 heavy (non-hydrogen) atoms. The van der Waals surface area contributed by atoms with Gasteiger partial charge in [0.2, 0.25) is 0 Å². The number of benzene rings is 1. The largest absolute Gasteiger partial charge is 0.772 e. The minimum absolute atomic E-state index is 0.0131. The standard InChI is InChI=1S/C14H21BO4S/c1-10-6-7-12(8-11(10)9-20(16)17)15-18-13(2,3)14(4,5)19-15/h6-8H,9H2,1-5H3,(H,16,17)/p-1. The summed E-state index contributed by atoms with van der Waals surface area (Å²) in [7, 11) is -0.459. The van der Waals surface area contributed by atoms with E-state index in [0.717, 1.165) is 16.6 Å². The fourth-order valence-corrected chi connectivity index (χ4v) is 2.66. The maximum atomic E-state index is 10.9. The van der Waals surface area contributed by atoms with Gasteiger partial charge in [-0.25, -0.2) is 0 Å². The van der Waals surface area contributed by atoms with E-state index in [0.29, 0.717) is 0 Å². The Bertz CT molecular complexity index is 526. The van der Waals surface area contributed by atoms with E-state index in [-0.39, 0.29) is 5.75 Å². The molecular formula is C14H20BO4S-. The normalized spacial score (nSPS) is 22.0. The lowest BCUT2D eigenvalue weighted by molar-refractivity contribution is 0.00578. The van der Waals surface area contributed by atoms with Gasteiger partial charge < -0.3 is 13.9 Å². The van der Waals surface area contributed by atoms with Gasteiger partial charge in [0.25, 0.3) is 0 Å². The zero-order valence-electron chi connectivity index (χ0n) is 12.6. The van der Waals surface area contributed by atoms with Crippen LogP contribution in [0.25, 0.3) is 0 Å². The van der Waals surface area contributed by atoms with Crippen molar-refractivity contribution in [3.63, 3.8) is 0 Å². The molecule has 1 fully saturated rings. The third kappa shape index (κ3) is 2.98. The van der Waals surface area contributed by atoms with Crippen molar-refractivity contribution in [2.24, 2.45) is 0 Å². The Labute approximate surface area is 123 Å². The summed E-state index contributed by atoms with van der Waals surface area (Å²) >= 11 is -2.10. The van der Waals surface area contributed by atoms with Crippen LogP contribution in [0.1, 0.15) is 38.8 Å². The number of rotatable bonds is 3. The summed E-state index contributed by atoms with van der Waals surface area (Å²) < 4.78 is 33.7. The van der Waals surface area contributed by atoms with Crippen LogP contribution in [0.4, 0.5) is 0 Å². The van der Waals surface area contributed by atoms with E-state index >= 15 is 0 Å². The van der Waals surface area contributed by atoms with Crippen LogP contribution < -0.4 is 5.46 Å². The maximum absolute atomic E-state index is 10.9. The van der Waals surface area contributed by atoms with Gasteiger partial charge in [0.05, 0.1) is 11.2 Å². The highest BCUT2D eigenvalue weighted by Gasteiger charge is 2.51.